The third-order valence-electron chi connectivity index (χ3n) is 7.37. The average molecular weight is 472 g/mol. The molecule has 3 aliphatic rings. The van der Waals surface area contributed by atoms with Gasteiger partial charge in [0.05, 0.1) is 5.92 Å². The maximum atomic E-state index is 13.8. The monoisotopic (exact) mass is 471 g/mol. The molecule has 2 fully saturated rings. The summed E-state index contributed by atoms with van der Waals surface area (Å²) in [5, 5.41) is 0.648. The van der Waals surface area contributed by atoms with E-state index < -0.39 is 6.17 Å². The molecule has 3 unspecified atom stereocenters. The number of carbonyl (C=O) groups excluding carboxylic acids is 1. The first-order valence-electron chi connectivity index (χ1n) is 12.0. The second kappa shape index (κ2) is 9.55. The molecule has 5 rings (SSSR count). The number of hydrogen-bond donors (Lipinski definition) is 0. The van der Waals surface area contributed by atoms with Crippen LogP contribution in [0.5, 0.6) is 0 Å². The van der Waals surface area contributed by atoms with Gasteiger partial charge in [0.2, 0.25) is 5.91 Å². The summed E-state index contributed by atoms with van der Waals surface area (Å²) in [7, 11) is 0. The molecule has 2 saturated heterocycles. The van der Waals surface area contributed by atoms with Crippen molar-refractivity contribution in [2.75, 3.05) is 50.7 Å². The van der Waals surface area contributed by atoms with Gasteiger partial charge in [-0.05, 0) is 42.9 Å². The molecule has 2 aromatic rings. The Bertz CT molecular complexity index is 995. The van der Waals surface area contributed by atoms with Gasteiger partial charge in [0.1, 0.15) is 18.3 Å². The lowest BCUT2D eigenvalue weighted by molar-refractivity contribution is -0.133. The molecule has 1 amide bonds. The predicted octanol–water partition coefficient (Wildman–Crippen LogP) is 3.66. The highest BCUT2D eigenvalue weighted by Gasteiger charge is 2.34. The zero-order valence-electron chi connectivity index (χ0n) is 19.1. The SMILES string of the molecule is CC1CCc2ncnc(N3CCN(C(=O)C(CN4CCC(F)C4)c4ccc(Cl)cc4)CC3)c21. The van der Waals surface area contributed by atoms with Crippen LogP contribution in [0.25, 0.3) is 0 Å². The molecule has 0 radical (unpaired) electrons. The first-order chi connectivity index (χ1) is 16.0. The smallest absolute Gasteiger partial charge is 0.231 e. The van der Waals surface area contributed by atoms with Gasteiger partial charge in [-0.3, -0.25) is 9.69 Å². The Morgan fingerprint density at radius 2 is 1.88 bits per heavy atom. The summed E-state index contributed by atoms with van der Waals surface area (Å²) in [5.74, 6) is 1.31. The van der Waals surface area contributed by atoms with E-state index in [2.05, 4.69) is 26.7 Å². The van der Waals surface area contributed by atoms with Crippen LogP contribution in [0.1, 0.15) is 48.4 Å². The van der Waals surface area contributed by atoms with Crippen LogP contribution in [-0.2, 0) is 11.2 Å². The Morgan fingerprint density at radius 3 is 2.58 bits per heavy atom. The van der Waals surface area contributed by atoms with Crippen LogP contribution >= 0.6 is 11.6 Å². The number of anilines is 1. The molecule has 0 N–H and O–H groups in total. The van der Waals surface area contributed by atoms with Gasteiger partial charge < -0.3 is 9.80 Å². The van der Waals surface area contributed by atoms with Crippen molar-refractivity contribution in [3.8, 4) is 0 Å². The normalized spacial score (nSPS) is 24.2. The Balaban J connectivity index is 1.30. The highest BCUT2D eigenvalue weighted by molar-refractivity contribution is 6.30. The molecule has 0 spiro atoms. The van der Waals surface area contributed by atoms with E-state index in [4.69, 9.17) is 11.6 Å². The lowest BCUT2D eigenvalue weighted by Gasteiger charge is -2.38. The second-order valence-electron chi connectivity index (χ2n) is 9.56. The molecule has 1 aromatic carbocycles. The van der Waals surface area contributed by atoms with Crippen molar-refractivity contribution in [3.05, 3.63) is 52.4 Å². The number of alkyl halides is 1. The first kappa shape index (κ1) is 22.5. The standard InChI is InChI=1S/C25H31ClFN5O/c1-17-2-7-22-23(17)24(29-16-28-22)31-10-12-32(13-11-31)25(33)21(15-30-9-8-20(27)14-30)18-3-5-19(26)6-4-18/h3-6,16-17,20-21H,2,7-15H2,1H3. The number of carbonyl (C=O) groups is 1. The number of hydrogen-bond acceptors (Lipinski definition) is 5. The molecule has 3 heterocycles. The average Bonchev–Trinajstić information content (AvgIpc) is 3.43. The number of likely N-dealkylation sites (tertiary alicyclic amines) is 1. The number of fused-ring (bicyclic) bond motifs is 1. The summed E-state index contributed by atoms with van der Waals surface area (Å²) in [6.07, 6.45) is 3.56. The molecular formula is C25H31ClFN5O. The molecule has 1 aromatic heterocycles. The number of nitrogens with zero attached hydrogens (tertiary/aromatic N) is 5. The molecule has 8 heteroatoms. The fraction of sp³-hybridized carbons (Fsp3) is 0.560. The third-order valence-corrected chi connectivity index (χ3v) is 7.62. The van der Waals surface area contributed by atoms with Crippen molar-refractivity contribution >= 4 is 23.3 Å². The van der Waals surface area contributed by atoms with Gasteiger partial charge in [0.25, 0.3) is 0 Å². The van der Waals surface area contributed by atoms with E-state index in [0.717, 1.165) is 37.3 Å². The van der Waals surface area contributed by atoms with E-state index in [9.17, 15) is 9.18 Å². The third kappa shape index (κ3) is 4.71. The largest absolute Gasteiger partial charge is 0.353 e. The summed E-state index contributed by atoms with van der Waals surface area (Å²) in [5.41, 5.74) is 3.40. The number of rotatable bonds is 5. The quantitative estimate of drug-likeness (QED) is 0.666. The summed E-state index contributed by atoms with van der Waals surface area (Å²) >= 11 is 6.09. The highest BCUT2D eigenvalue weighted by atomic mass is 35.5. The fourth-order valence-corrected chi connectivity index (χ4v) is 5.59. The van der Waals surface area contributed by atoms with Crippen molar-refractivity contribution in [1.82, 2.24) is 19.8 Å². The van der Waals surface area contributed by atoms with E-state index in [1.165, 1.54) is 11.3 Å². The molecule has 0 saturated carbocycles. The van der Waals surface area contributed by atoms with Crippen LogP contribution in [0.2, 0.25) is 5.02 Å². The van der Waals surface area contributed by atoms with Crippen LogP contribution in [-0.4, -0.2) is 77.7 Å². The van der Waals surface area contributed by atoms with Gasteiger partial charge >= 0.3 is 0 Å². The van der Waals surface area contributed by atoms with Gasteiger partial charge in [0, 0.05) is 62.1 Å². The van der Waals surface area contributed by atoms with Crippen LogP contribution in [0.3, 0.4) is 0 Å². The Hall–Kier alpha value is -2.25. The Kier molecular flexibility index (Phi) is 6.52. The van der Waals surface area contributed by atoms with Crippen LogP contribution in [0.4, 0.5) is 10.2 Å². The predicted molar refractivity (Wildman–Crippen MR) is 128 cm³/mol. The van der Waals surface area contributed by atoms with Gasteiger partial charge in [-0.2, -0.15) is 0 Å². The maximum Gasteiger partial charge on any atom is 0.231 e. The fourth-order valence-electron chi connectivity index (χ4n) is 5.46. The number of aromatic nitrogens is 2. The van der Waals surface area contributed by atoms with Gasteiger partial charge in [-0.15, -0.1) is 0 Å². The molecule has 1 aliphatic carbocycles. The van der Waals surface area contributed by atoms with Crippen molar-refractivity contribution in [2.45, 2.75) is 44.2 Å². The molecule has 3 atom stereocenters. The minimum absolute atomic E-state index is 0.112. The van der Waals surface area contributed by atoms with Crippen molar-refractivity contribution < 1.29 is 9.18 Å². The topological polar surface area (TPSA) is 52.6 Å². The number of halogens is 2. The van der Waals surface area contributed by atoms with E-state index in [0.29, 0.717) is 50.1 Å². The van der Waals surface area contributed by atoms with E-state index in [-0.39, 0.29) is 11.8 Å². The molecule has 2 aliphatic heterocycles. The van der Waals surface area contributed by atoms with E-state index in [1.807, 2.05) is 29.2 Å². The van der Waals surface area contributed by atoms with Crippen LogP contribution in [0.15, 0.2) is 30.6 Å². The Morgan fingerprint density at radius 1 is 1.12 bits per heavy atom. The van der Waals surface area contributed by atoms with Crippen LogP contribution in [0, 0.1) is 0 Å². The van der Waals surface area contributed by atoms with Gasteiger partial charge in [-0.1, -0.05) is 30.7 Å². The van der Waals surface area contributed by atoms with Gasteiger partial charge in [0.15, 0.2) is 0 Å². The van der Waals surface area contributed by atoms with Crippen LogP contribution < -0.4 is 4.90 Å². The zero-order chi connectivity index (χ0) is 22.9. The summed E-state index contributed by atoms with van der Waals surface area (Å²) in [6.45, 7) is 6.71. The number of benzene rings is 1. The van der Waals surface area contributed by atoms with Crippen molar-refractivity contribution in [2.24, 2.45) is 0 Å². The minimum Gasteiger partial charge on any atom is -0.353 e. The zero-order valence-corrected chi connectivity index (χ0v) is 19.8. The van der Waals surface area contributed by atoms with Crippen molar-refractivity contribution in [1.29, 1.82) is 0 Å². The highest BCUT2D eigenvalue weighted by Crippen LogP contribution is 2.37. The molecular weight excluding hydrogens is 441 g/mol. The summed E-state index contributed by atoms with van der Waals surface area (Å²) in [4.78, 5) is 29.1. The number of piperazine rings is 1. The minimum atomic E-state index is -0.800. The molecule has 6 nitrogen and oxygen atoms in total. The lowest BCUT2D eigenvalue weighted by atomic mass is 9.96. The maximum absolute atomic E-state index is 13.8. The molecule has 33 heavy (non-hydrogen) atoms. The second-order valence-corrected chi connectivity index (χ2v) is 10.00. The lowest BCUT2D eigenvalue weighted by Crippen LogP contribution is -2.51. The molecule has 0 bridgehead atoms. The molecule has 176 valence electrons. The first-order valence-corrected chi connectivity index (χ1v) is 12.4. The number of amides is 1. The summed E-state index contributed by atoms with van der Waals surface area (Å²) < 4.78 is 13.8. The number of aryl methyl sites for hydroxylation is 1. The summed E-state index contributed by atoms with van der Waals surface area (Å²) in [6, 6.07) is 7.51. The van der Waals surface area contributed by atoms with Gasteiger partial charge in [-0.25, -0.2) is 14.4 Å². The van der Waals surface area contributed by atoms with E-state index in [1.54, 1.807) is 6.33 Å². The Labute approximate surface area is 199 Å². The van der Waals surface area contributed by atoms with Crippen molar-refractivity contribution in [3.63, 3.8) is 0 Å². The van der Waals surface area contributed by atoms with E-state index >= 15 is 0 Å².